The smallest absolute Gasteiger partial charge is 0.407 e. The highest BCUT2D eigenvalue weighted by Gasteiger charge is 2.54. The lowest BCUT2D eigenvalue weighted by Gasteiger charge is -2.43. The maximum absolute atomic E-state index is 14.9. The number of alkyl carbamates (subject to hydrolysis) is 1. The number of amides is 4. The highest BCUT2D eigenvalue weighted by molar-refractivity contribution is 6.39. The van der Waals surface area contributed by atoms with Crippen molar-refractivity contribution in [3.8, 4) is 0 Å². The lowest BCUT2D eigenvalue weighted by Crippen LogP contribution is -2.61. The highest BCUT2D eigenvalue weighted by Crippen LogP contribution is 2.42. The number of piperazine rings is 2. The number of oxazole rings is 1. The Morgan fingerprint density at radius 2 is 1.45 bits per heavy atom. The minimum atomic E-state index is -2.48. The Labute approximate surface area is 824 Å². The van der Waals surface area contributed by atoms with Crippen molar-refractivity contribution in [2.75, 3.05) is 141 Å². The van der Waals surface area contributed by atoms with E-state index in [9.17, 15) is 53.7 Å². The second-order valence-electron chi connectivity index (χ2n) is 39.3. The number of nitrogens with zero attached hydrogens (tertiary/aromatic N) is 13. The van der Waals surface area contributed by atoms with Crippen LogP contribution in [-0.2, 0) is 92.5 Å². The number of aliphatic imine (C=N–C) groups is 1. The number of fused-ring (bicyclic) bond motifs is 6. The molecule has 2 bridgehead atoms. The van der Waals surface area contributed by atoms with Gasteiger partial charge in [-0.3, -0.25) is 38.7 Å². The van der Waals surface area contributed by atoms with Crippen molar-refractivity contribution < 1.29 is 96.0 Å². The first-order chi connectivity index (χ1) is 67.9. The summed E-state index contributed by atoms with van der Waals surface area (Å²) in [5.41, 5.74) is 22.7. The summed E-state index contributed by atoms with van der Waals surface area (Å²) >= 11 is 0. The molecular formula is C104H141N17O20. The molecule has 9 N–H and O–H groups in total. The highest BCUT2D eigenvalue weighted by atomic mass is 16.6. The first kappa shape index (κ1) is 106. The zero-order valence-corrected chi connectivity index (χ0v) is 82.9. The zero-order chi connectivity index (χ0) is 100. The maximum Gasteiger partial charge on any atom is 0.407 e. The van der Waals surface area contributed by atoms with E-state index >= 15 is 0 Å². The first-order valence-corrected chi connectivity index (χ1v) is 50.1. The number of ketones is 3. The average Bonchev–Trinajstić information content (AvgIpc) is 1.61. The quantitative estimate of drug-likeness (QED) is 0.00791. The molecule has 37 nitrogen and oxygen atoms in total. The topological polar surface area (TPSA) is 479 Å². The summed E-state index contributed by atoms with van der Waals surface area (Å²) in [6.45, 7) is 20.2. The molecule has 14 rings (SSSR count). The van der Waals surface area contributed by atoms with E-state index in [1.165, 1.54) is 23.9 Å². The largest absolute Gasteiger partial charge is 0.460 e. The first-order valence-electron chi connectivity index (χ1n) is 50.1. The number of methoxy groups -OCH3 is 3. The number of aliphatic hydroxyl groups excluding tert-OH is 2. The number of benzene rings is 2. The second kappa shape index (κ2) is 49.6. The van der Waals surface area contributed by atoms with E-state index in [1.807, 2.05) is 86.1 Å². The third kappa shape index (κ3) is 27.2. The summed E-state index contributed by atoms with van der Waals surface area (Å²) in [5, 5.41) is 40.7. The zero-order valence-electron chi connectivity index (χ0n) is 82.9. The Balaban J connectivity index is 0.461. The van der Waals surface area contributed by atoms with E-state index in [2.05, 4.69) is 73.5 Å². The van der Waals surface area contributed by atoms with Gasteiger partial charge in [0.2, 0.25) is 29.3 Å². The predicted octanol–water partition coefficient (Wildman–Crippen LogP) is 9.11. The Morgan fingerprint density at radius 1 is 0.695 bits per heavy atom. The van der Waals surface area contributed by atoms with E-state index in [1.54, 1.807) is 65.9 Å². The van der Waals surface area contributed by atoms with Crippen molar-refractivity contribution in [1.29, 1.82) is 0 Å². The van der Waals surface area contributed by atoms with E-state index in [0.717, 1.165) is 72.8 Å². The fraction of sp³-hybridized carbons (Fsp3) is 0.596. The standard InChI is InChI=1S/C104H141N17O20/c1-62-16-12-11-13-17-63(2)83(133-8)54-77-26-19-68(7)104(132,141-77)96(128)99(129)121-32-15-14-18-80(121)100(130)138-85(55-84(134-9)64(3)47-67(6)93(125)95(127)92(124)66(5)46-62)65(4)48-69-21-27-82(86(51-69)135-10)140-103(131)107-31-44-136-42-29-87(122)108-56-71-57-111-102(112-58-71)120-39-37-119(38-40-120)88(123)30-43-137-45-41-117-33-35-118(36-34-117)76-59-109-98(110-60-76)94(126)75-24-23-72-49-70(20-22-73(72)52-75)50-79-91-89(97(105)114-61-113-91)90(115-79)74-25-28-81-78(53-74)116-101(106)139-81/h11-13,16-17,20,22,25,28,47,49,53,57-62,64-66,68-69,75,77,79-80,82-86,93,95,125,127,132H,14-15,18-19,21,23-24,26-27,29-46,48,50-52,54-56H2,1-10H3,(H2,106,116)(H,107,131)(H,108,122)(H2,105,113,114)/b13-11?,16-12+,63-17?,67-47+/t62-,64-,65-,66-,68-,69+,75?,77+,79?,80+,82-,83+,84-,85+,86-,93-,95+,104-/m1/s1. The molecule has 141 heavy (non-hydrogen) atoms. The molecule has 6 aliphatic heterocycles. The molecule has 2 unspecified atom stereocenters. The molecule has 2 aromatic carbocycles. The van der Waals surface area contributed by atoms with Crippen LogP contribution in [-0.4, -0.2) is 298 Å². The van der Waals surface area contributed by atoms with Crippen molar-refractivity contribution in [2.45, 2.75) is 237 Å². The number of ether oxygens (including phenoxy) is 8. The van der Waals surface area contributed by atoms with Gasteiger partial charge >= 0.3 is 12.1 Å². The van der Waals surface area contributed by atoms with Crippen LogP contribution in [0.15, 0.2) is 125 Å². The van der Waals surface area contributed by atoms with Gasteiger partial charge in [-0.2, -0.15) is 4.98 Å². The number of carbonyl (C=O) groups is 8. The van der Waals surface area contributed by atoms with E-state index in [0.29, 0.717) is 162 Å². The third-order valence-electron chi connectivity index (χ3n) is 29.4. The number of esters is 1. The molecule has 0 radical (unpaired) electrons. The second-order valence-corrected chi connectivity index (χ2v) is 39.3. The number of rotatable bonds is 28. The van der Waals surface area contributed by atoms with Gasteiger partial charge in [-0.1, -0.05) is 89.3 Å². The number of hydrogen-bond donors (Lipinski definition) is 7. The van der Waals surface area contributed by atoms with Gasteiger partial charge in [0.1, 0.15) is 48.1 Å². The normalized spacial score (nSPS) is 28.1. The van der Waals surface area contributed by atoms with Crippen LogP contribution in [0.5, 0.6) is 0 Å². The van der Waals surface area contributed by atoms with Crippen molar-refractivity contribution in [3.05, 3.63) is 160 Å². The number of aryl methyl sites for hydroxylation is 1. The number of carbonyl (C=O) groups excluding carboxylic acids is 8. The molecule has 8 aliphatic rings. The Hall–Kier alpha value is -11.3. The lowest BCUT2D eigenvalue weighted by molar-refractivity contribution is -0.265. The van der Waals surface area contributed by atoms with Crippen LogP contribution in [0.25, 0.3) is 11.1 Å². The molecular weight excluding hydrogens is 1810 g/mol. The number of nitrogens with two attached hydrogens (primary N) is 2. The van der Waals surface area contributed by atoms with Crippen molar-refractivity contribution >= 4 is 87.4 Å². The summed E-state index contributed by atoms with van der Waals surface area (Å²) in [5.74, 6) is -7.44. The van der Waals surface area contributed by atoms with Crippen LogP contribution in [0.1, 0.15) is 201 Å². The van der Waals surface area contributed by atoms with Gasteiger partial charge in [-0.05, 0) is 161 Å². The summed E-state index contributed by atoms with van der Waals surface area (Å²) in [4.78, 5) is 158. The summed E-state index contributed by atoms with van der Waals surface area (Å²) in [6, 6.07) is 10.7. The SMILES string of the molecule is CO[C@H]1C[C@@H]2CC[C@@H](C)[C@@](O)(O2)C(=O)C(=O)N2CCCC[C@H]2C(=O)O[C@H]([C@H](C)C[C@@H]2CC[C@@H](OC(=O)NCCOCCC(=O)NCc3cnc(N4CCN(C(=O)CCOCCN5CCN(c6cnc(C(=O)C7CCc8cc(CC9N=C(c%10ccc%11oc(N)nc%11c%10)c%10c(N)ncnc%109)ccc8C7)nc6)CC5)CC4)nc3)[C@H](OC)C2)C[C@@H](OC)[C@H](C)/C=C(\C)[C@@H](O)[C@@H](O)C(=O)[C@H](C)C[C@H](C)/C=C/C=CC=C1C. The summed E-state index contributed by atoms with van der Waals surface area (Å²) in [7, 11) is 4.65. The Kier molecular flexibility index (Phi) is 37.1. The van der Waals surface area contributed by atoms with Crippen LogP contribution in [0.3, 0.4) is 0 Å². The molecule has 4 aromatic heterocycles. The van der Waals surface area contributed by atoms with Gasteiger partial charge in [-0.15, -0.1) is 0 Å². The number of piperidine rings is 1. The van der Waals surface area contributed by atoms with Crippen molar-refractivity contribution in [2.24, 2.45) is 46.4 Å². The van der Waals surface area contributed by atoms with Crippen LogP contribution < -0.4 is 31.9 Å². The molecule has 1 saturated carbocycles. The number of aliphatic hydroxyl groups is 3. The van der Waals surface area contributed by atoms with E-state index < -0.39 is 108 Å². The molecule has 10 heterocycles. The number of cyclic esters (lactones) is 1. The van der Waals surface area contributed by atoms with E-state index in [-0.39, 0.29) is 124 Å². The number of anilines is 4. The summed E-state index contributed by atoms with van der Waals surface area (Å²) < 4.78 is 53.9. The molecule has 4 amide bonds. The molecule has 6 aromatic rings. The van der Waals surface area contributed by atoms with Crippen molar-refractivity contribution in [3.63, 3.8) is 0 Å². The average molecular weight is 1950 g/mol. The molecule has 5 fully saturated rings. The monoisotopic (exact) mass is 1950 g/mol. The number of nitrogens with one attached hydrogen (secondary N) is 2. The van der Waals surface area contributed by atoms with Gasteiger partial charge in [0.15, 0.2) is 17.2 Å². The van der Waals surface area contributed by atoms with Crippen LogP contribution in [0.4, 0.5) is 28.3 Å². The third-order valence-corrected chi connectivity index (χ3v) is 29.4. The number of hydrogen-bond acceptors (Lipinski definition) is 33. The molecule has 0 spiro atoms. The predicted molar refractivity (Wildman–Crippen MR) is 526 cm³/mol. The number of allylic oxidation sites excluding steroid dienone is 5. The van der Waals surface area contributed by atoms with Gasteiger partial charge in [0, 0.05) is 173 Å². The molecule has 2 aliphatic carbocycles. The number of aromatic nitrogens is 7. The van der Waals surface area contributed by atoms with Crippen LogP contribution >= 0.6 is 0 Å². The Bertz CT molecular complexity index is 5470. The fourth-order valence-corrected chi connectivity index (χ4v) is 20.8. The minimum Gasteiger partial charge on any atom is -0.460 e. The van der Waals surface area contributed by atoms with Gasteiger partial charge in [0.25, 0.3) is 17.7 Å². The lowest BCUT2D eigenvalue weighted by atomic mass is 9.78. The maximum atomic E-state index is 14.9. The van der Waals surface area contributed by atoms with Crippen LogP contribution in [0.2, 0.25) is 0 Å². The van der Waals surface area contributed by atoms with Gasteiger partial charge < -0.3 is 99.3 Å². The summed E-state index contributed by atoms with van der Waals surface area (Å²) in [6.07, 6.45) is 20.1. The molecule has 37 heteroatoms. The minimum absolute atomic E-state index is 0.00229. The fourth-order valence-electron chi connectivity index (χ4n) is 20.8. The Morgan fingerprint density at radius 3 is 2.21 bits per heavy atom. The van der Waals surface area contributed by atoms with Crippen molar-refractivity contribution in [1.82, 2.24) is 60.2 Å². The van der Waals surface area contributed by atoms with Gasteiger partial charge in [0.05, 0.1) is 98.4 Å². The van der Waals surface area contributed by atoms with Crippen LogP contribution in [0, 0.1) is 41.4 Å². The van der Waals surface area contributed by atoms with E-state index in [4.69, 9.17) is 58.8 Å². The molecule has 762 valence electrons. The number of Topliss-reactive ketones (excluding diaryl/α,β-unsaturated/α-hetero) is 3. The number of nitrogen functional groups attached to an aromatic ring is 2. The van der Waals surface area contributed by atoms with Gasteiger partial charge in [-0.25, -0.2) is 39.5 Å². The molecule has 18 atom stereocenters. The molecule has 4 saturated heterocycles.